The number of hydrogen-bond donors (Lipinski definition) is 1. The second kappa shape index (κ2) is 5.25. The van der Waals surface area contributed by atoms with Crippen LogP contribution in [-0.4, -0.2) is 11.7 Å². The van der Waals surface area contributed by atoms with Crippen molar-refractivity contribution in [3.63, 3.8) is 0 Å². The third kappa shape index (κ3) is 3.17. The first-order valence-corrected chi connectivity index (χ1v) is 5.21. The summed E-state index contributed by atoms with van der Waals surface area (Å²) in [7, 11) is 0. The average molecular weight is 230 g/mol. The van der Waals surface area contributed by atoms with Gasteiger partial charge in [0.1, 0.15) is 0 Å². The van der Waals surface area contributed by atoms with E-state index >= 15 is 0 Å². The smallest absolute Gasteiger partial charge is 0.200 e. The molecule has 1 aromatic rings. The van der Waals surface area contributed by atoms with Gasteiger partial charge in [0.05, 0.1) is 12.7 Å². The van der Waals surface area contributed by atoms with Crippen molar-refractivity contribution >= 4 is 0 Å². The lowest BCUT2D eigenvalue weighted by atomic mass is 10.1. The van der Waals surface area contributed by atoms with Crippen molar-refractivity contribution in [3.8, 4) is 5.75 Å². The summed E-state index contributed by atoms with van der Waals surface area (Å²) in [6.45, 7) is 5.61. The van der Waals surface area contributed by atoms with Crippen LogP contribution < -0.4 is 4.74 Å². The highest BCUT2D eigenvalue weighted by atomic mass is 19.2. The molecule has 16 heavy (non-hydrogen) atoms. The molecule has 1 rings (SSSR count). The van der Waals surface area contributed by atoms with Gasteiger partial charge in [-0.3, -0.25) is 0 Å². The monoisotopic (exact) mass is 230 g/mol. The highest BCUT2D eigenvalue weighted by Gasteiger charge is 2.14. The Morgan fingerprint density at radius 2 is 1.88 bits per heavy atom. The van der Waals surface area contributed by atoms with Gasteiger partial charge in [-0.25, -0.2) is 4.39 Å². The van der Waals surface area contributed by atoms with Crippen LogP contribution in [0.2, 0.25) is 0 Å². The SMILES string of the molecule is CC(C)COc1cc([C@@H](C)O)cc(F)c1F. The lowest BCUT2D eigenvalue weighted by molar-refractivity contribution is 0.196. The zero-order valence-electron chi connectivity index (χ0n) is 9.63. The quantitative estimate of drug-likeness (QED) is 0.861. The van der Waals surface area contributed by atoms with E-state index < -0.39 is 17.7 Å². The fourth-order valence-electron chi connectivity index (χ4n) is 1.19. The summed E-state index contributed by atoms with van der Waals surface area (Å²) in [6, 6.07) is 2.30. The Kier molecular flexibility index (Phi) is 4.24. The highest BCUT2D eigenvalue weighted by Crippen LogP contribution is 2.25. The van der Waals surface area contributed by atoms with Crippen molar-refractivity contribution < 1.29 is 18.6 Å². The molecule has 1 atom stereocenters. The third-order valence-electron chi connectivity index (χ3n) is 2.07. The van der Waals surface area contributed by atoms with Crippen molar-refractivity contribution in [2.75, 3.05) is 6.61 Å². The van der Waals surface area contributed by atoms with Gasteiger partial charge >= 0.3 is 0 Å². The van der Waals surface area contributed by atoms with Crippen molar-refractivity contribution in [3.05, 3.63) is 29.3 Å². The lowest BCUT2D eigenvalue weighted by Gasteiger charge is -2.12. The molecule has 0 aliphatic rings. The van der Waals surface area contributed by atoms with Crippen LogP contribution in [0.1, 0.15) is 32.4 Å². The van der Waals surface area contributed by atoms with Gasteiger partial charge in [0.25, 0.3) is 0 Å². The summed E-state index contributed by atoms with van der Waals surface area (Å²) < 4.78 is 31.6. The third-order valence-corrected chi connectivity index (χ3v) is 2.07. The molecule has 0 aliphatic carbocycles. The van der Waals surface area contributed by atoms with Crippen LogP contribution in [-0.2, 0) is 0 Å². The Morgan fingerprint density at radius 1 is 1.25 bits per heavy atom. The van der Waals surface area contributed by atoms with Crippen LogP contribution in [0.15, 0.2) is 12.1 Å². The topological polar surface area (TPSA) is 29.5 Å². The van der Waals surface area contributed by atoms with E-state index in [-0.39, 0.29) is 11.7 Å². The second-order valence-corrected chi connectivity index (χ2v) is 4.20. The van der Waals surface area contributed by atoms with Gasteiger partial charge in [0, 0.05) is 0 Å². The molecule has 90 valence electrons. The first kappa shape index (κ1) is 12.9. The Balaban J connectivity index is 2.97. The summed E-state index contributed by atoms with van der Waals surface area (Å²) in [5.41, 5.74) is 0.303. The van der Waals surface area contributed by atoms with Crippen molar-refractivity contribution in [1.82, 2.24) is 0 Å². The molecule has 0 bridgehead atoms. The molecule has 0 spiro atoms. The zero-order valence-corrected chi connectivity index (χ0v) is 9.63. The van der Waals surface area contributed by atoms with Crippen LogP contribution in [0, 0.1) is 17.6 Å². The van der Waals surface area contributed by atoms with E-state index in [4.69, 9.17) is 4.74 Å². The second-order valence-electron chi connectivity index (χ2n) is 4.20. The first-order valence-electron chi connectivity index (χ1n) is 5.21. The number of aliphatic hydroxyl groups excluding tert-OH is 1. The van der Waals surface area contributed by atoms with E-state index in [0.29, 0.717) is 12.2 Å². The van der Waals surface area contributed by atoms with Gasteiger partial charge in [0.2, 0.25) is 5.82 Å². The molecular formula is C12H16F2O2. The molecule has 0 saturated carbocycles. The minimum atomic E-state index is -1.01. The Bertz CT molecular complexity index is 362. The Morgan fingerprint density at radius 3 is 2.38 bits per heavy atom. The van der Waals surface area contributed by atoms with Crippen LogP contribution in [0.5, 0.6) is 5.75 Å². The number of halogens is 2. The summed E-state index contributed by atoms with van der Waals surface area (Å²) in [6.07, 6.45) is -0.850. The maximum Gasteiger partial charge on any atom is 0.200 e. The largest absolute Gasteiger partial charge is 0.490 e. The number of ether oxygens (including phenoxy) is 1. The molecule has 0 aromatic heterocycles. The number of rotatable bonds is 4. The predicted molar refractivity (Wildman–Crippen MR) is 57.3 cm³/mol. The van der Waals surface area contributed by atoms with Gasteiger partial charge in [0.15, 0.2) is 11.6 Å². The van der Waals surface area contributed by atoms with Crippen LogP contribution in [0.3, 0.4) is 0 Å². The standard InChI is InChI=1S/C12H16F2O2/c1-7(2)6-16-11-5-9(8(3)15)4-10(13)12(11)14/h4-5,7-8,15H,6H2,1-3H3/t8-/m1/s1. The number of benzene rings is 1. The van der Waals surface area contributed by atoms with Crippen LogP contribution in [0.25, 0.3) is 0 Å². The van der Waals surface area contributed by atoms with E-state index in [2.05, 4.69) is 0 Å². The molecule has 4 heteroatoms. The highest BCUT2D eigenvalue weighted by molar-refractivity contribution is 5.32. The molecule has 0 unspecified atom stereocenters. The molecule has 0 saturated heterocycles. The van der Waals surface area contributed by atoms with E-state index in [9.17, 15) is 13.9 Å². The molecule has 0 amide bonds. The van der Waals surface area contributed by atoms with E-state index in [1.165, 1.54) is 13.0 Å². The fourth-order valence-corrected chi connectivity index (χ4v) is 1.19. The fraction of sp³-hybridized carbons (Fsp3) is 0.500. The molecular weight excluding hydrogens is 214 g/mol. The minimum Gasteiger partial charge on any atom is -0.490 e. The van der Waals surface area contributed by atoms with Crippen molar-refractivity contribution in [1.29, 1.82) is 0 Å². The molecule has 0 heterocycles. The average Bonchev–Trinajstić information content (AvgIpc) is 2.19. The summed E-state index contributed by atoms with van der Waals surface area (Å²) in [5.74, 6) is -1.94. The summed E-state index contributed by atoms with van der Waals surface area (Å²) in [5, 5.41) is 9.30. The Hall–Kier alpha value is -1.16. The van der Waals surface area contributed by atoms with Gasteiger partial charge in [-0.1, -0.05) is 13.8 Å². The van der Waals surface area contributed by atoms with Gasteiger partial charge < -0.3 is 9.84 Å². The van der Waals surface area contributed by atoms with Crippen LogP contribution >= 0.6 is 0 Å². The van der Waals surface area contributed by atoms with Gasteiger partial charge in [-0.15, -0.1) is 0 Å². The molecule has 0 aliphatic heterocycles. The van der Waals surface area contributed by atoms with Crippen LogP contribution in [0.4, 0.5) is 8.78 Å². The molecule has 2 nitrogen and oxygen atoms in total. The summed E-state index contributed by atoms with van der Waals surface area (Å²) in [4.78, 5) is 0. The summed E-state index contributed by atoms with van der Waals surface area (Å²) >= 11 is 0. The molecule has 1 N–H and O–H groups in total. The minimum absolute atomic E-state index is 0.149. The first-order chi connectivity index (χ1) is 7.41. The van der Waals surface area contributed by atoms with Gasteiger partial charge in [-0.05, 0) is 30.5 Å². The normalized spacial score (nSPS) is 12.9. The van der Waals surface area contributed by atoms with Gasteiger partial charge in [-0.2, -0.15) is 4.39 Å². The van der Waals surface area contributed by atoms with Crippen molar-refractivity contribution in [2.24, 2.45) is 5.92 Å². The number of aliphatic hydroxyl groups is 1. The number of hydrogen-bond acceptors (Lipinski definition) is 2. The van der Waals surface area contributed by atoms with Crippen molar-refractivity contribution in [2.45, 2.75) is 26.9 Å². The van der Waals surface area contributed by atoms with E-state index in [1.54, 1.807) is 0 Å². The predicted octanol–water partition coefficient (Wildman–Crippen LogP) is 3.05. The molecule has 0 fully saturated rings. The maximum atomic E-state index is 13.3. The Labute approximate surface area is 93.9 Å². The zero-order chi connectivity index (χ0) is 12.3. The van der Waals surface area contributed by atoms with E-state index in [0.717, 1.165) is 6.07 Å². The molecule has 0 radical (unpaired) electrons. The van der Waals surface area contributed by atoms with E-state index in [1.807, 2.05) is 13.8 Å². The maximum absolute atomic E-state index is 13.3. The lowest BCUT2D eigenvalue weighted by Crippen LogP contribution is -2.07. The molecule has 1 aromatic carbocycles.